The number of halogens is 1. The molecule has 1 aromatic rings. The van der Waals surface area contributed by atoms with Crippen molar-refractivity contribution in [3.63, 3.8) is 0 Å². The van der Waals surface area contributed by atoms with Gasteiger partial charge in [0.2, 0.25) is 0 Å². The number of nitrogens with one attached hydrogen (secondary N) is 2. The van der Waals surface area contributed by atoms with Crippen LogP contribution in [0.5, 0.6) is 11.5 Å². The van der Waals surface area contributed by atoms with Gasteiger partial charge in [-0.2, -0.15) is 11.8 Å². The quantitative estimate of drug-likeness (QED) is 0.435. The van der Waals surface area contributed by atoms with E-state index in [1.807, 2.05) is 12.1 Å². The summed E-state index contributed by atoms with van der Waals surface area (Å²) in [6.45, 7) is 1.52. The van der Waals surface area contributed by atoms with E-state index >= 15 is 0 Å². The highest BCUT2D eigenvalue weighted by molar-refractivity contribution is 9.10. The third kappa shape index (κ3) is 5.67. The zero-order valence-corrected chi connectivity index (χ0v) is 15.2. The zero-order chi connectivity index (χ0) is 15.7. The molecular formula is C14H22BrN3O2S. The summed E-state index contributed by atoms with van der Waals surface area (Å²) in [7, 11) is 5.02. The molecule has 0 unspecified atom stereocenters. The number of benzene rings is 1. The molecule has 0 amide bonds. The van der Waals surface area contributed by atoms with Crippen LogP contribution in [-0.4, -0.2) is 45.8 Å². The van der Waals surface area contributed by atoms with Crippen LogP contribution in [0.4, 0.5) is 0 Å². The number of guanidine groups is 1. The van der Waals surface area contributed by atoms with E-state index in [1.165, 1.54) is 0 Å². The maximum atomic E-state index is 5.32. The lowest BCUT2D eigenvalue weighted by atomic mass is 10.2. The predicted octanol–water partition coefficient (Wildman–Crippen LogP) is 2.49. The second-order valence-electron chi connectivity index (χ2n) is 4.14. The van der Waals surface area contributed by atoms with Crippen LogP contribution in [0.1, 0.15) is 5.56 Å². The summed E-state index contributed by atoms with van der Waals surface area (Å²) in [6.07, 6.45) is 2.08. The number of aliphatic imine (C=N–C) groups is 1. The fourth-order valence-electron chi connectivity index (χ4n) is 1.70. The second-order valence-corrected chi connectivity index (χ2v) is 5.98. The summed E-state index contributed by atoms with van der Waals surface area (Å²) in [5.41, 5.74) is 1.07. The van der Waals surface area contributed by atoms with Crippen LogP contribution in [0.25, 0.3) is 0 Å². The molecule has 0 radical (unpaired) electrons. The first-order valence-corrected chi connectivity index (χ1v) is 8.68. The average molecular weight is 376 g/mol. The Morgan fingerprint density at radius 3 is 2.48 bits per heavy atom. The Labute approximate surface area is 139 Å². The van der Waals surface area contributed by atoms with Gasteiger partial charge >= 0.3 is 0 Å². The second kappa shape index (κ2) is 9.78. The summed E-state index contributed by atoms with van der Waals surface area (Å²) in [5.74, 6) is 3.24. The molecule has 1 aromatic carbocycles. The lowest BCUT2D eigenvalue weighted by Gasteiger charge is -2.14. The van der Waals surface area contributed by atoms with Crippen molar-refractivity contribution >= 4 is 33.7 Å². The molecule has 2 N–H and O–H groups in total. The summed E-state index contributed by atoms with van der Waals surface area (Å²) in [4.78, 5) is 4.19. The van der Waals surface area contributed by atoms with Gasteiger partial charge in [0.1, 0.15) is 0 Å². The maximum absolute atomic E-state index is 5.32. The first-order valence-electron chi connectivity index (χ1n) is 6.50. The van der Waals surface area contributed by atoms with Crippen molar-refractivity contribution in [2.24, 2.45) is 4.99 Å². The Bertz CT molecular complexity index is 484. The van der Waals surface area contributed by atoms with Crippen LogP contribution < -0.4 is 20.1 Å². The Kier molecular flexibility index (Phi) is 8.37. The number of methoxy groups -OCH3 is 2. The van der Waals surface area contributed by atoms with Gasteiger partial charge < -0.3 is 20.1 Å². The van der Waals surface area contributed by atoms with Crippen molar-refractivity contribution in [3.05, 3.63) is 22.2 Å². The van der Waals surface area contributed by atoms with Crippen molar-refractivity contribution in [1.82, 2.24) is 10.6 Å². The fourth-order valence-corrected chi connectivity index (χ4v) is 2.47. The lowest BCUT2D eigenvalue weighted by molar-refractivity contribution is 0.354. The molecule has 0 bridgehead atoms. The average Bonchev–Trinajstić information content (AvgIpc) is 2.51. The molecule has 0 aliphatic heterocycles. The standard InChI is InChI=1S/C14H22BrN3O2S/c1-16-14(17-5-6-21-4)18-9-10-7-12(19-2)13(20-3)8-11(10)15/h7-8H,5-6,9H2,1-4H3,(H2,16,17,18). The molecule has 0 fully saturated rings. The van der Waals surface area contributed by atoms with Crippen molar-refractivity contribution in [2.45, 2.75) is 6.54 Å². The summed E-state index contributed by atoms with van der Waals surface area (Å²) >= 11 is 5.34. The highest BCUT2D eigenvalue weighted by Gasteiger charge is 2.10. The van der Waals surface area contributed by atoms with Crippen molar-refractivity contribution in [2.75, 3.05) is 39.8 Å². The van der Waals surface area contributed by atoms with E-state index in [9.17, 15) is 0 Å². The Hall–Kier alpha value is -1.08. The normalized spacial score (nSPS) is 11.2. The van der Waals surface area contributed by atoms with Gasteiger partial charge in [-0.1, -0.05) is 15.9 Å². The maximum Gasteiger partial charge on any atom is 0.191 e. The molecule has 0 saturated heterocycles. The highest BCUT2D eigenvalue weighted by atomic mass is 79.9. The van der Waals surface area contributed by atoms with E-state index in [-0.39, 0.29) is 0 Å². The van der Waals surface area contributed by atoms with Crippen molar-refractivity contribution in [3.8, 4) is 11.5 Å². The van der Waals surface area contributed by atoms with Crippen LogP contribution in [-0.2, 0) is 6.54 Å². The van der Waals surface area contributed by atoms with Crippen LogP contribution in [0.2, 0.25) is 0 Å². The van der Waals surface area contributed by atoms with Gasteiger partial charge in [-0.15, -0.1) is 0 Å². The van der Waals surface area contributed by atoms with Crippen LogP contribution in [0.15, 0.2) is 21.6 Å². The molecule has 0 spiro atoms. The smallest absolute Gasteiger partial charge is 0.191 e. The molecule has 1 rings (SSSR count). The van der Waals surface area contributed by atoms with E-state index in [2.05, 4.69) is 37.8 Å². The minimum atomic E-state index is 0.639. The molecule has 118 valence electrons. The fraction of sp³-hybridized carbons (Fsp3) is 0.500. The molecule has 0 aliphatic rings. The van der Waals surface area contributed by atoms with Gasteiger partial charge in [0.25, 0.3) is 0 Å². The molecule has 21 heavy (non-hydrogen) atoms. The highest BCUT2D eigenvalue weighted by Crippen LogP contribution is 2.33. The Morgan fingerprint density at radius 1 is 1.24 bits per heavy atom. The number of rotatable bonds is 7. The van der Waals surface area contributed by atoms with E-state index in [0.29, 0.717) is 18.0 Å². The number of hydrogen-bond acceptors (Lipinski definition) is 4. The van der Waals surface area contributed by atoms with Gasteiger partial charge in [-0.3, -0.25) is 4.99 Å². The topological polar surface area (TPSA) is 54.9 Å². The first-order chi connectivity index (χ1) is 10.2. The van der Waals surface area contributed by atoms with Gasteiger partial charge in [0, 0.05) is 30.4 Å². The zero-order valence-electron chi connectivity index (χ0n) is 12.8. The van der Waals surface area contributed by atoms with Gasteiger partial charge in [-0.05, 0) is 24.0 Å². The monoisotopic (exact) mass is 375 g/mol. The molecule has 0 heterocycles. The minimum absolute atomic E-state index is 0.639. The van der Waals surface area contributed by atoms with E-state index < -0.39 is 0 Å². The molecule has 7 heteroatoms. The van der Waals surface area contributed by atoms with E-state index in [0.717, 1.165) is 28.3 Å². The third-order valence-electron chi connectivity index (χ3n) is 2.82. The molecule has 0 atom stereocenters. The molecule has 0 aliphatic carbocycles. The predicted molar refractivity (Wildman–Crippen MR) is 93.8 cm³/mol. The van der Waals surface area contributed by atoms with E-state index in [1.54, 1.807) is 33.0 Å². The van der Waals surface area contributed by atoms with E-state index in [4.69, 9.17) is 9.47 Å². The number of thioether (sulfide) groups is 1. The van der Waals surface area contributed by atoms with Gasteiger partial charge in [0.15, 0.2) is 17.5 Å². The largest absolute Gasteiger partial charge is 0.493 e. The Morgan fingerprint density at radius 2 is 1.90 bits per heavy atom. The summed E-state index contributed by atoms with van der Waals surface area (Å²) < 4.78 is 11.6. The molecular weight excluding hydrogens is 354 g/mol. The summed E-state index contributed by atoms with van der Waals surface area (Å²) in [6, 6.07) is 3.85. The SMILES string of the molecule is CN=C(NCCSC)NCc1cc(OC)c(OC)cc1Br. The Balaban J connectivity index is 2.69. The van der Waals surface area contributed by atoms with Crippen molar-refractivity contribution < 1.29 is 9.47 Å². The van der Waals surface area contributed by atoms with Crippen LogP contribution in [0, 0.1) is 0 Å². The summed E-state index contributed by atoms with van der Waals surface area (Å²) in [5, 5.41) is 6.54. The lowest BCUT2D eigenvalue weighted by Crippen LogP contribution is -2.38. The third-order valence-corrected chi connectivity index (χ3v) is 4.17. The van der Waals surface area contributed by atoms with Gasteiger partial charge in [-0.25, -0.2) is 0 Å². The van der Waals surface area contributed by atoms with Crippen molar-refractivity contribution in [1.29, 1.82) is 0 Å². The number of hydrogen-bond donors (Lipinski definition) is 2. The first kappa shape index (κ1) is 18.0. The van der Waals surface area contributed by atoms with Gasteiger partial charge in [0.05, 0.1) is 14.2 Å². The van der Waals surface area contributed by atoms with Crippen LogP contribution in [0.3, 0.4) is 0 Å². The molecule has 0 saturated carbocycles. The molecule has 0 aromatic heterocycles. The minimum Gasteiger partial charge on any atom is -0.493 e. The number of ether oxygens (including phenoxy) is 2. The number of nitrogens with zero attached hydrogens (tertiary/aromatic N) is 1. The van der Waals surface area contributed by atoms with Crippen LogP contribution >= 0.6 is 27.7 Å². The molecule has 5 nitrogen and oxygen atoms in total.